The summed E-state index contributed by atoms with van der Waals surface area (Å²) in [6.45, 7) is 4.24. The first-order chi connectivity index (χ1) is 12.6. The van der Waals surface area contributed by atoms with Gasteiger partial charge in [0, 0.05) is 10.4 Å². The first-order valence-electron chi connectivity index (χ1n) is 8.76. The lowest BCUT2D eigenvalue weighted by Gasteiger charge is -2.16. The Labute approximate surface area is 156 Å². The van der Waals surface area contributed by atoms with Crippen molar-refractivity contribution < 1.29 is 13.9 Å². The number of rotatable bonds is 4. The summed E-state index contributed by atoms with van der Waals surface area (Å²) >= 11 is 1.54. The summed E-state index contributed by atoms with van der Waals surface area (Å²) in [6.07, 6.45) is 3.28. The normalized spacial score (nSPS) is 16.3. The molecule has 1 aliphatic rings. The van der Waals surface area contributed by atoms with Crippen molar-refractivity contribution in [3.05, 3.63) is 57.1 Å². The second kappa shape index (κ2) is 7.03. The molecule has 3 aromatic rings. The quantitative estimate of drug-likeness (QED) is 0.630. The molecule has 1 atom stereocenters. The zero-order valence-corrected chi connectivity index (χ0v) is 15.6. The molecule has 0 saturated heterocycles. The average Bonchev–Trinajstić information content (AvgIpc) is 3.26. The largest absolute Gasteiger partial charge is 0.451 e. The van der Waals surface area contributed by atoms with Crippen LogP contribution in [0.15, 0.2) is 34.7 Å². The minimum atomic E-state index is -0.327. The lowest BCUT2D eigenvalue weighted by Crippen LogP contribution is -2.08. The number of esters is 1. The molecule has 0 bridgehead atoms. The fourth-order valence-electron chi connectivity index (χ4n) is 3.21. The third-order valence-corrected chi connectivity index (χ3v) is 5.81. The smallest absolute Gasteiger partial charge is 0.348 e. The summed E-state index contributed by atoms with van der Waals surface area (Å²) in [6, 6.07) is 9.80. The molecule has 0 N–H and O–H groups in total. The van der Waals surface area contributed by atoms with Crippen LogP contribution in [0, 0.1) is 12.8 Å². The van der Waals surface area contributed by atoms with Crippen LogP contribution in [0.3, 0.4) is 0 Å². The van der Waals surface area contributed by atoms with E-state index in [0.29, 0.717) is 22.6 Å². The van der Waals surface area contributed by atoms with Gasteiger partial charge in [0.2, 0.25) is 5.89 Å². The standard InChI is InChI=1S/C20H20N2O3S/c1-12-4-3-5-14(8-12)19-22-21-18(25-19)11-24-20(23)17-10-15-9-13(2)6-7-16(15)26-17/h3-5,8,10,13H,6-7,9,11H2,1-2H3/t13-/m0/s1. The van der Waals surface area contributed by atoms with Gasteiger partial charge in [-0.2, -0.15) is 0 Å². The maximum absolute atomic E-state index is 12.3. The van der Waals surface area contributed by atoms with Crippen molar-refractivity contribution >= 4 is 17.3 Å². The Balaban J connectivity index is 1.41. The van der Waals surface area contributed by atoms with E-state index in [1.807, 2.05) is 37.3 Å². The Morgan fingerprint density at radius 3 is 3.08 bits per heavy atom. The number of thiophene rings is 1. The molecule has 0 fully saturated rings. The molecular weight excluding hydrogens is 348 g/mol. The van der Waals surface area contributed by atoms with Crippen LogP contribution in [-0.4, -0.2) is 16.2 Å². The van der Waals surface area contributed by atoms with Crippen LogP contribution in [0.5, 0.6) is 0 Å². The van der Waals surface area contributed by atoms with Crippen LogP contribution < -0.4 is 0 Å². The third-order valence-electron chi connectivity index (χ3n) is 4.59. The van der Waals surface area contributed by atoms with Gasteiger partial charge in [-0.25, -0.2) is 4.79 Å². The molecule has 2 heterocycles. The van der Waals surface area contributed by atoms with E-state index in [9.17, 15) is 4.79 Å². The summed E-state index contributed by atoms with van der Waals surface area (Å²) in [7, 11) is 0. The van der Waals surface area contributed by atoms with Gasteiger partial charge in [0.05, 0.1) is 0 Å². The first kappa shape index (κ1) is 17.0. The van der Waals surface area contributed by atoms with E-state index < -0.39 is 0 Å². The molecule has 0 unspecified atom stereocenters. The number of aromatic nitrogens is 2. The minimum Gasteiger partial charge on any atom is -0.451 e. The van der Waals surface area contributed by atoms with Gasteiger partial charge in [-0.3, -0.25) is 0 Å². The van der Waals surface area contributed by atoms with E-state index in [-0.39, 0.29) is 12.6 Å². The van der Waals surface area contributed by atoms with E-state index in [1.54, 1.807) is 11.3 Å². The molecule has 5 nitrogen and oxygen atoms in total. The number of carbonyl (C=O) groups is 1. The van der Waals surface area contributed by atoms with Crippen LogP contribution in [-0.2, 0) is 24.2 Å². The Morgan fingerprint density at radius 2 is 2.23 bits per heavy atom. The number of hydrogen-bond donors (Lipinski definition) is 0. The van der Waals surface area contributed by atoms with Gasteiger partial charge in [0.25, 0.3) is 5.89 Å². The van der Waals surface area contributed by atoms with Crippen molar-refractivity contribution in [3.63, 3.8) is 0 Å². The molecule has 0 radical (unpaired) electrons. The molecule has 26 heavy (non-hydrogen) atoms. The number of ether oxygens (including phenoxy) is 1. The summed E-state index contributed by atoms with van der Waals surface area (Å²) in [5.41, 5.74) is 3.26. The van der Waals surface area contributed by atoms with Crippen LogP contribution in [0.1, 0.15) is 44.9 Å². The zero-order valence-electron chi connectivity index (χ0n) is 14.8. The molecular formula is C20H20N2O3S. The number of hydrogen-bond acceptors (Lipinski definition) is 6. The second-order valence-corrected chi connectivity index (χ2v) is 7.99. The van der Waals surface area contributed by atoms with Crippen LogP contribution in [0.2, 0.25) is 0 Å². The third kappa shape index (κ3) is 3.55. The molecule has 1 aliphatic carbocycles. The second-order valence-electron chi connectivity index (χ2n) is 6.85. The predicted molar refractivity (Wildman–Crippen MR) is 99.1 cm³/mol. The van der Waals surface area contributed by atoms with Crippen molar-refractivity contribution in [1.82, 2.24) is 10.2 Å². The van der Waals surface area contributed by atoms with Gasteiger partial charge in [-0.05, 0) is 55.9 Å². The van der Waals surface area contributed by atoms with E-state index in [2.05, 4.69) is 17.1 Å². The maximum Gasteiger partial charge on any atom is 0.348 e. The van der Waals surface area contributed by atoms with Crippen molar-refractivity contribution in [1.29, 1.82) is 0 Å². The van der Waals surface area contributed by atoms with Gasteiger partial charge < -0.3 is 9.15 Å². The lowest BCUT2D eigenvalue weighted by atomic mass is 9.90. The number of fused-ring (bicyclic) bond motifs is 1. The number of benzene rings is 1. The van der Waals surface area contributed by atoms with Crippen molar-refractivity contribution in [3.8, 4) is 11.5 Å². The highest BCUT2D eigenvalue weighted by molar-refractivity contribution is 7.14. The van der Waals surface area contributed by atoms with Gasteiger partial charge >= 0.3 is 5.97 Å². The zero-order chi connectivity index (χ0) is 18.1. The summed E-state index contributed by atoms with van der Waals surface area (Å²) in [5, 5.41) is 8.01. The number of nitrogens with zero attached hydrogens (tertiary/aromatic N) is 2. The van der Waals surface area contributed by atoms with E-state index in [4.69, 9.17) is 9.15 Å². The fourth-order valence-corrected chi connectivity index (χ4v) is 4.31. The molecule has 134 valence electrons. The van der Waals surface area contributed by atoms with Crippen molar-refractivity contribution in [2.75, 3.05) is 0 Å². The molecule has 0 saturated carbocycles. The molecule has 0 aliphatic heterocycles. The Hall–Kier alpha value is -2.47. The molecule has 0 spiro atoms. The SMILES string of the molecule is Cc1cccc(-c2nnc(COC(=O)c3cc4c(s3)CC[C@H](C)C4)o2)c1. The maximum atomic E-state index is 12.3. The Kier molecular flexibility index (Phi) is 4.59. The molecule has 6 heteroatoms. The molecule has 2 aromatic heterocycles. The summed E-state index contributed by atoms with van der Waals surface area (Å²) in [4.78, 5) is 14.3. The van der Waals surface area contributed by atoms with E-state index >= 15 is 0 Å². The number of aryl methyl sites for hydroxylation is 2. The van der Waals surface area contributed by atoms with Crippen LogP contribution in [0.4, 0.5) is 0 Å². The van der Waals surface area contributed by atoms with Gasteiger partial charge in [-0.15, -0.1) is 21.5 Å². The monoisotopic (exact) mass is 368 g/mol. The van der Waals surface area contributed by atoms with E-state index in [0.717, 1.165) is 24.0 Å². The average molecular weight is 368 g/mol. The highest BCUT2D eigenvalue weighted by Crippen LogP contribution is 2.32. The van der Waals surface area contributed by atoms with Crippen molar-refractivity contribution in [2.45, 2.75) is 39.7 Å². The topological polar surface area (TPSA) is 65.2 Å². The van der Waals surface area contributed by atoms with Crippen molar-refractivity contribution in [2.24, 2.45) is 5.92 Å². The van der Waals surface area contributed by atoms with Crippen LogP contribution in [0.25, 0.3) is 11.5 Å². The lowest BCUT2D eigenvalue weighted by molar-refractivity contribution is 0.0444. The van der Waals surface area contributed by atoms with Gasteiger partial charge in [0.1, 0.15) is 4.88 Å². The fraction of sp³-hybridized carbons (Fsp3) is 0.350. The van der Waals surface area contributed by atoms with Gasteiger partial charge in [-0.1, -0.05) is 24.6 Å². The highest BCUT2D eigenvalue weighted by Gasteiger charge is 2.21. The Morgan fingerprint density at radius 1 is 1.35 bits per heavy atom. The highest BCUT2D eigenvalue weighted by atomic mass is 32.1. The molecule has 1 aromatic carbocycles. The first-order valence-corrected chi connectivity index (χ1v) is 9.58. The van der Waals surface area contributed by atoms with Crippen LogP contribution >= 0.6 is 11.3 Å². The number of carbonyl (C=O) groups excluding carboxylic acids is 1. The molecule has 0 amide bonds. The van der Waals surface area contributed by atoms with Gasteiger partial charge in [0.15, 0.2) is 6.61 Å². The predicted octanol–water partition coefficient (Wildman–Crippen LogP) is 4.59. The minimum absolute atomic E-state index is 0.0172. The van der Waals surface area contributed by atoms with E-state index in [1.165, 1.54) is 16.9 Å². The Bertz CT molecular complexity index is 944. The molecule has 4 rings (SSSR count). The summed E-state index contributed by atoms with van der Waals surface area (Å²) in [5.74, 6) is 1.08. The summed E-state index contributed by atoms with van der Waals surface area (Å²) < 4.78 is 11.0.